The van der Waals surface area contributed by atoms with Crippen LogP contribution in [0.2, 0.25) is 0 Å². The second-order valence-corrected chi connectivity index (χ2v) is 4.49. The Kier molecular flexibility index (Phi) is 2.96. The van der Waals surface area contributed by atoms with E-state index in [0.29, 0.717) is 5.92 Å². The molecule has 1 aliphatic rings. The van der Waals surface area contributed by atoms with Gasteiger partial charge in [-0.3, -0.25) is 4.79 Å². The highest BCUT2D eigenvalue weighted by Gasteiger charge is 2.26. The second kappa shape index (κ2) is 4.25. The number of nitrogens with zero attached hydrogens (tertiary/aromatic N) is 3. The minimum atomic E-state index is -0.173. The van der Waals surface area contributed by atoms with Crippen molar-refractivity contribution in [1.82, 2.24) is 19.8 Å². The molecule has 5 heteroatoms. The maximum Gasteiger partial charge on any atom is 0.244 e. The molecule has 5 nitrogen and oxygen atoms in total. The molecule has 16 heavy (non-hydrogen) atoms. The Balaban J connectivity index is 2.19. The molecule has 1 atom stereocenters. The monoisotopic (exact) mass is 222 g/mol. The smallest absolute Gasteiger partial charge is 0.244 e. The third-order valence-electron chi connectivity index (χ3n) is 3.11. The summed E-state index contributed by atoms with van der Waals surface area (Å²) < 4.78 is 1.98. The fraction of sp³-hybridized carbons (Fsp3) is 0.636. The summed E-state index contributed by atoms with van der Waals surface area (Å²) in [5.74, 6) is 0.603. The Morgan fingerprint density at radius 3 is 2.81 bits per heavy atom. The standard InChI is InChI=1S/C11H18N4O/c1-8(11(16)14(2)3)15-7-13-6-10(15)9-4-12-5-9/h6-9,12H,4-5H2,1-3H3. The van der Waals surface area contributed by atoms with Gasteiger partial charge in [-0.05, 0) is 6.92 Å². The summed E-state index contributed by atoms with van der Waals surface area (Å²) in [5.41, 5.74) is 1.15. The van der Waals surface area contributed by atoms with Crippen molar-refractivity contribution in [2.75, 3.05) is 27.2 Å². The van der Waals surface area contributed by atoms with Crippen molar-refractivity contribution in [2.45, 2.75) is 18.9 Å². The first kappa shape index (κ1) is 11.1. The van der Waals surface area contributed by atoms with Gasteiger partial charge in [0.2, 0.25) is 5.91 Å². The average Bonchev–Trinajstić information content (AvgIpc) is 2.61. The van der Waals surface area contributed by atoms with Gasteiger partial charge in [-0.2, -0.15) is 0 Å². The molecule has 1 saturated heterocycles. The summed E-state index contributed by atoms with van der Waals surface area (Å²) in [6.07, 6.45) is 3.62. The Bertz CT molecular complexity index is 381. The van der Waals surface area contributed by atoms with E-state index in [4.69, 9.17) is 0 Å². The number of imidazole rings is 1. The Morgan fingerprint density at radius 1 is 1.62 bits per heavy atom. The lowest BCUT2D eigenvalue weighted by atomic mass is 9.99. The van der Waals surface area contributed by atoms with Crippen molar-refractivity contribution in [3.8, 4) is 0 Å². The van der Waals surface area contributed by atoms with Crippen LogP contribution in [0.5, 0.6) is 0 Å². The molecule has 1 aromatic heterocycles. The molecule has 0 radical (unpaired) electrons. The maximum atomic E-state index is 11.9. The van der Waals surface area contributed by atoms with Crippen LogP contribution in [-0.2, 0) is 4.79 Å². The van der Waals surface area contributed by atoms with Crippen LogP contribution < -0.4 is 5.32 Å². The molecule has 0 spiro atoms. The summed E-state index contributed by atoms with van der Waals surface area (Å²) in [4.78, 5) is 17.7. The number of hydrogen-bond donors (Lipinski definition) is 1. The first-order valence-electron chi connectivity index (χ1n) is 5.55. The molecule has 1 aliphatic heterocycles. The van der Waals surface area contributed by atoms with Crippen molar-refractivity contribution >= 4 is 5.91 Å². The van der Waals surface area contributed by atoms with E-state index in [0.717, 1.165) is 18.8 Å². The lowest BCUT2D eigenvalue weighted by molar-refractivity contribution is -0.131. The first-order chi connectivity index (χ1) is 7.61. The molecule has 0 bridgehead atoms. The quantitative estimate of drug-likeness (QED) is 0.796. The molecule has 2 heterocycles. The topological polar surface area (TPSA) is 50.2 Å². The zero-order valence-corrected chi connectivity index (χ0v) is 9.97. The van der Waals surface area contributed by atoms with E-state index in [9.17, 15) is 4.79 Å². The summed E-state index contributed by atoms with van der Waals surface area (Å²) in [5, 5.41) is 3.23. The molecule has 0 aliphatic carbocycles. The molecule has 0 aromatic carbocycles. The fourth-order valence-electron chi connectivity index (χ4n) is 1.95. The number of amides is 1. The minimum Gasteiger partial charge on any atom is -0.347 e. The molecule has 1 amide bonds. The number of hydrogen-bond acceptors (Lipinski definition) is 3. The van der Waals surface area contributed by atoms with Crippen LogP contribution in [0.25, 0.3) is 0 Å². The van der Waals surface area contributed by atoms with Crippen molar-refractivity contribution in [1.29, 1.82) is 0 Å². The van der Waals surface area contributed by atoms with E-state index in [2.05, 4.69) is 10.3 Å². The van der Waals surface area contributed by atoms with Crippen molar-refractivity contribution < 1.29 is 4.79 Å². The number of carbonyl (C=O) groups is 1. The molecule has 1 unspecified atom stereocenters. The number of carbonyl (C=O) groups excluding carboxylic acids is 1. The van der Waals surface area contributed by atoms with Gasteiger partial charge < -0.3 is 14.8 Å². The predicted octanol–water partition coefficient (Wildman–Crippen LogP) is 0.219. The van der Waals surface area contributed by atoms with Gasteiger partial charge in [0.15, 0.2) is 0 Å². The lowest BCUT2D eigenvalue weighted by Gasteiger charge is -2.29. The minimum absolute atomic E-state index is 0.103. The number of aromatic nitrogens is 2. The molecule has 2 rings (SSSR count). The largest absolute Gasteiger partial charge is 0.347 e. The summed E-state index contributed by atoms with van der Waals surface area (Å²) in [6.45, 7) is 3.88. The van der Waals surface area contributed by atoms with E-state index in [-0.39, 0.29) is 11.9 Å². The van der Waals surface area contributed by atoms with Gasteiger partial charge in [0.25, 0.3) is 0 Å². The predicted molar refractivity (Wildman–Crippen MR) is 61.2 cm³/mol. The molecule has 1 fully saturated rings. The second-order valence-electron chi connectivity index (χ2n) is 4.49. The fourth-order valence-corrected chi connectivity index (χ4v) is 1.95. The third kappa shape index (κ3) is 1.82. The zero-order chi connectivity index (χ0) is 11.7. The van der Waals surface area contributed by atoms with Crippen LogP contribution in [0, 0.1) is 0 Å². The highest BCUT2D eigenvalue weighted by molar-refractivity contribution is 5.79. The average molecular weight is 222 g/mol. The van der Waals surface area contributed by atoms with Crippen LogP contribution in [0.15, 0.2) is 12.5 Å². The summed E-state index contributed by atoms with van der Waals surface area (Å²) >= 11 is 0. The van der Waals surface area contributed by atoms with Crippen LogP contribution >= 0.6 is 0 Å². The lowest BCUT2D eigenvalue weighted by Crippen LogP contribution is -2.41. The van der Waals surface area contributed by atoms with Gasteiger partial charge in [0.05, 0.1) is 6.33 Å². The molecule has 1 N–H and O–H groups in total. The Labute approximate surface area is 95.5 Å². The summed E-state index contributed by atoms with van der Waals surface area (Å²) in [7, 11) is 3.56. The van der Waals surface area contributed by atoms with Crippen LogP contribution in [0.1, 0.15) is 24.6 Å². The molecule has 1 aromatic rings. The van der Waals surface area contributed by atoms with Crippen molar-refractivity contribution in [2.24, 2.45) is 0 Å². The SMILES string of the molecule is CC(C(=O)N(C)C)n1cncc1C1CNC1. The van der Waals surface area contributed by atoms with Gasteiger partial charge in [-0.15, -0.1) is 0 Å². The molecular formula is C11H18N4O. The third-order valence-corrected chi connectivity index (χ3v) is 3.11. The molecule has 88 valence electrons. The van der Waals surface area contributed by atoms with Gasteiger partial charge in [0.1, 0.15) is 6.04 Å². The first-order valence-corrected chi connectivity index (χ1v) is 5.55. The van der Waals surface area contributed by atoms with E-state index in [1.54, 1.807) is 25.3 Å². The van der Waals surface area contributed by atoms with E-state index in [1.165, 1.54) is 0 Å². The number of likely N-dealkylation sites (N-methyl/N-ethyl adjacent to an activating group) is 1. The van der Waals surface area contributed by atoms with Gasteiger partial charge in [-0.25, -0.2) is 4.98 Å². The number of rotatable bonds is 3. The van der Waals surface area contributed by atoms with Crippen LogP contribution in [0.3, 0.4) is 0 Å². The van der Waals surface area contributed by atoms with Crippen molar-refractivity contribution in [3.05, 3.63) is 18.2 Å². The molecular weight excluding hydrogens is 204 g/mol. The summed E-state index contributed by atoms with van der Waals surface area (Å²) in [6, 6.07) is -0.173. The van der Waals surface area contributed by atoms with Crippen molar-refractivity contribution in [3.63, 3.8) is 0 Å². The van der Waals surface area contributed by atoms with Gasteiger partial charge in [-0.1, -0.05) is 0 Å². The Hall–Kier alpha value is -1.36. The van der Waals surface area contributed by atoms with Gasteiger partial charge in [0, 0.05) is 45.0 Å². The highest BCUT2D eigenvalue weighted by Crippen LogP contribution is 2.22. The molecule has 0 saturated carbocycles. The van der Waals surface area contributed by atoms with E-state index in [1.807, 2.05) is 17.7 Å². The zero-order valence-electron chi connectivity index (χ0n) is 9.97. The normalized spacial score (nSPS) is 17.9. The van der Waals surface area contributed by atoms with Crippen LogP contribution in [0.4, 0.5) is 0 Å². The van der Waals surface area contributed by atoms with E-state index >= 15 is 0 Å². The van der Waals surface area contributed by atoms with Gasteiger partial charge >= 0.3 is 0 Å². The maximum absolute atomic E-state index is 11.9. The highest BCUT2D eigenvalue weighted by atomic mass is 16.2. The van der Waals surface area contributed by atoms with Crippen LogP contribution in [-0.4, -0.2) is 47.5 Å². The van der Waals surface area contributed by atoms with E-state index < -0.39 is 0 Å². The number of nitrogens with one attached hydrogen (secondary N) is 1. The Morgan fingerprint density at radius 2 is 2.31 bits per heavy atom.